The first-order valence-electron chi connectivity index (χ1n) is 10.5. The molecule has 3 heterocycles. The molecule has 7 nitrogen and oxygen atoms in total. The van der Waals surface area contributed by atoms with Crippen molar-refractivity contribution in [3.63, 3.8) is 0 Å². The molecule has 5 rings (SSSR count). The fourth-order valence-electron chi connectivity index (χ4n) is 4.41. The van der Waals surface area contributed by atoms with Crippen LogP contribution < -0.4 is 4.74 Å². The summed E-state index contributed by atoms with van der Waals surface area (Å²) in [7, 11) is 0. The van der Waals surface area contributed by atoms with Gasteiger partial charge in [0.15, 0.2) is 0 Å². The molecule has 1 aliphatic heterocycles. The van der Waals surface area contributed by atoms with Crippen LogP contribution in [-0.2, 0) is 0 Å². The highest BCUT2D eigenvalue weighted by molar-refractivity contribution is 5.64. The largest absolute Gasteiger partial charge is 0.488 e. The number of nitrogens with zero attached hydrogens (tertiary/aromatic N) is 5. The Morgan fingerprint density at radius 2 is 1.93 bits per heavy atom. The molecule has 2 aromatic heterocycles. The molecule has 1 aromatic carbocycles. The Hall–Kier alpha value is -2.80. The Morgan fingerprint density at radius 3 is 2.79 bits per heavy atom. The van der Waals surface area contributed by atoms with Gasteiger partial charge in [0, 0.05) is 31.5 Å². The molecule has 1 saturated carbocycles. The number of benzene rings is 1. The lowest BCUT2D eigenvalue weighted by atomic mass is 9.94. The van der Waals surface area contributed by atoms with Crippen LogP contribution in [0.25, 0.3) is 23.0 Å². The van der Waals surface area contributed by atoms with Crippen molar-refractivity contribution in [2.75, 3.05) is 13.1 Å². The van der Waals surface area contributed by atoms with E-state index in [2.05, 4.69) is 25.0 Å². The molecule has 2 aliphatic rings. The van der Waals surface area contributed by atoms with E-state index in [-0.39, 0.29) is 6.10 Å². The van der Waals surface area contributed by atoms with Crippen LogP contribution in [0.2, 0.25) is 0 Å². The summed E-state index contributed by atoms with van der Waals surface area (Å²) in [5, 5.41) is 4.06. The summed E-state index contributed by atoms with van der Waals surface area (Å²) in [6.45, 7) is 2.11. The van der Waals surface area contributed by atoms with E-state index >= 15 is 0 Å². The zero-order chi connectivity index (χ0) is 19.5. The standard InChI is InChI=1S/C22H25N5O2/c1-2-6-16(7-3-1)27-13-10-17(15-27)28-20-9-5-4-8-18(20)22-25-21(26-29-22)19-14-23-11-12-24-19/h4-5,8-9,11-12,14,16-17H,1-3,6-7,10,13,15H2. The molecular formula is C22H25N5O2. The summed E-state index contributed by atoms with van der Waals surface area (Å²) in [5.41, 5.74) is 1.39. The highest BCUT2D eigenvalue weighted by Crippen LogP contribution is 2.33. The smallest absolute Gasteiger partial charge is 0.262 e. The molecule has 7 heteroatoms. The van der Waals surface area contributed by atoms with Crippen LogP contribution >= 0.6 is 0 Å². The van der Waals surface area contributed by atoms with Crippen LogP contribution in [0.5, 0.6) is 5.75 Å². The van der Waals surface area contributed by atoms with Crippen LogP contribution in [-0.4, -0.2) is 50.2 Å². The van der Waals surface area contributed by atoms with Crippen LogP contribution in [0.4, 0.5) is 0 Å². The quantitative estimate of drug-likeness (QED) is 0.651. The highest BCUT2D eigenvalue weighted by Gasteiger charge is 2.30. The van der Waals surface area contributed by atoms with Crippen LogP contribution in [0, 0.1) is 0 Å². The van der Waals surface area contributed by atoms with Gasteiger partial charge in [-0.2, -0.15) is 4.98 Å². The van der Waals surface area contributed by atoms with Crippen LogP contribution in [0.1, 0.15) is 38.5 Å². The van der Waals surface area contributed by atoms with Crippen molar-refractivity contribution in [3.05, 3.63) is 42.9 Å². The molecule has 1 atom stereocenters. The van der Waals surface area contributed by atoms with E-state index in [9.17, 15) is 0 Å². The van der Waals surface area contributed by atoms with E-state index in [1.54, 1.807) is 18.6 Å². The number of hydrogen-bond donors (Lipinski definition) is 0. The number of rotatable bonds is 5. The van der Waals surface area contributed by atoms with E-state index in [4.69, 9.17) is 9.26 Å². The highest BCUT2D eigenvalue weighted by atomic mass is 16.5. The van der Waals surface area contributed by atoms with Crippen molar-refractivity contribution in [2.45, 2.75) is 50.7 Å². The monoisotopic (exact) mass is 391 g/mol. The second-order valence-electron chi connectivity index (χ2n) is 7.83. The van der Waals surface area contributed by atoms with Gasteiger partial charge in [0.1, 0.15) is 17.5 Å². The van der Waals surface area contributed by atoms with Crippen molar-refractivity contribution in [1.29, 1.82) is 0 Å². The van der Waals surface area contributed by atoms with Gasteiger partial charge in [0.2, 0.25) is 5.82 Å². The van der Waals surface area contributed by atoms with Gasteiger partial charge < -0.3 is 9.26 Å². The minimum atomic E-state index is 0.195. The lowest BCUT2D eigenvalue weighted by Gasteiger charge is -2.30. The van der Waals surface area contributed by atoms with Gasteiger partial charge in [-0.05, 0) is 31.4 Å². The lowest BCUT2D eigenvalue weighted by Crippen LogP contribution is -2.36. The zero-order valence-electron chi connectivity index (χ0n) is 16.4. The summed E-state index contributed by atoms with van der Waals surface area (Å²) in [4.78, 5) is 15.4. The van der Waals surface area contributed by atoms with Gasteiger partial charge in [-0.1, -0.05) is 36.6 Å². The van der Waals surface area contributed by atoms with Gasteiger partial charge in [-0.15, -0.1) is 0 Å². The van der Waals surface area contributed by atoms with E-state index in [1.807, 2.05) is 24.3 Å². The van der Waals surface area contributed by atoms with Crippen LogP contribution in [0.15, 0.2) is 47.4 Å². The minimum absolute atomic E-state index is 0.195. The van der Waals surface area contributed by atoms with Crippen molar-refractivity contribution < 1.29 is 9.26 Å². The Morgan fingerprint density at radius 1 is 1.03 bits per heavy atom. The normalized spacial score (nSPS) is 20.8. The summed E-state index contributed by atoms with van der Waals surface area (Å²) in [6, 6.07) is 8.60. The second kappa shape index (κ2) is 8.29. The number of para-hydroxylation sites is 1. The maximum Gasteiger partial charge on any atom is 0.262 e. The molecule has 2 fully saturated rings. The molecule has 1 aliphatic carbocycles. The topological polar surface area (TPSA) is 77.2 Å². The van der Waals surface area contributed by atoms with Gasteiger partial charge in [-0.25, -0.2) is 4.98 Å². The van der Waals surface area contributed by atoms with Crippen molar-refractivity contribution in [1.82, 2.24) is 25.0 Å². The predicted octanol–water partition coefficient (Wildman–Crippen LogP) is 3.98. The molecule has 1 unspecified atom stereocenters. The summed E-state index contributed by atoms with van der Waals surface area (Å²) < 4.78 is 11.9. The predicted molar refractivity (Wildman–Crippen MR) is 108 cm³/mol. The molecule has 1 saturated heterocycles. The Kier molecular flexibility index (Phi) is 5.21. The van der Waals surface area contributed by atoms with Gasteiger partial charge in [0.05, 0.1) is 11.8 Å². The molecule has 0 radical (unpaired) electrons. The van der Waals surface area contributed by atoms with Gasteiger partial charge in [-0.3, -0.25) is 9.88 Å². The third-order valence-corrected chi connectivity index (χ3v) is 5.90. The Bertz CT molecular complexity index is 939. The number of aromatic nitrogens is 4. The molecule has 0 bridgehead atoms. The first-order chi connectivity index (χ1) is 14.4. The Labute approximate surface area is 170 Å². The average molecular weight is 391 g/mol. The summed E-state index contributed by atoms with van der Waals surface area (Å²) in [6.07, 6.45) is 12.9. The summed E-state index contributed by atoms with van der Waals surface area (Å²) >= 11 is 0. The van der Waals surface area contributed by atoms with Gasteiger partial charge in [0.25, 0.3) is 5.89 Å². The van der Waals surface area contributed by atoms with Crippen molar-refractivity contribution in [3.8, 4) is 28.7 Å². The third-order valence-electron chi connectivity index (χ3n) is 5.90. The molecule has 0 spiro atoms. The third kappa shape index (κ3) is 4.00. The van der Waals surface area contributed by atoms with Crippen molar-refractivity contribution >= 4 is 0 Å². The zero-order valence-corrected chi connectivity index (χ0v) is 16.4. The van der Waals surface area contributed by atoms with E-state index in [0.717, 1.165) is 36.9 Å². The SMILES string of the molecule is c1ccc(-c2nc(-c3cnccn3)no2)c(OC2CCN(C3CCCCC3)C2)c1. The first kappa shape index (κ1) is 18.2. The summed E-state index contributed by atoms with van der Waals surface area (Å²) in [5.74, 6) is 1.65. The molecular weight excluding hydrogens is 366 g/mol. The van der Waals surface area contributed by atoms with Crippen LogP contribution in [0.3, 0.4) is 0 Å². The number of ether oxygens (including phenoxy) is 1. The van der Waals surface area contributed by atoms with Crippen molar-refractivity contribution in [2.24, 2.45) is 0 Å². The number of likely N-dealkylation sites (tertiary alicyclic amines) is 1. The Balaban J connectivity index is 1.31. The van der Waals surface area contributed by atoms with E-state index in [0.29, 0.717) is 17.4 Å². The average Bonchev–Trinajstić information content (AvgIpc) is 3.46. The maximum absolute atomic E-state index is 6.40. The number of hydrogen-bond acceptors (Lipinski definition) is 7. The minimum Gasteiger partial charge on any atom is -0.488 e. The van der Waals surface area contributed by atoms with Gasteiger partial charge >= 0.3 is 0 Å². The second-order valence-corrected chi connectivity index (χ2v) is 7.83. The molecule has 150 valence electrons. The molecule has 0 amide bonds. The van der Waals surface area contributed by atoms with E-state index < -0.39 is 0 Å². The fraction of sp³-hybridized carbons (Fsp3) is 0.455. The molecule has 29 heavy (non-hydrogen) atoms. The van der Waals surface area contributed by atoms with E-state index in [1.165, 1.54) is 32.1 Å². The fourth-order valence-corrected chi connectivity index (χ4v) is 4.41. The molecule has 0 N–H and O–H groups in total. The molecule has 3 aromatic rings. The first-order valence-corrected chi connectivity index (χ1v) is 10.5. The maximum atomic E-state index is 6.40. The lowest BCUT2D eigenvalue weighted by molar-refractivity contribution is 0.155.